The van der Waals surface area contributed by atoms with Gasteiger partial charge >= 0.3 is 0 Å². The maximum absolute atomic E-state index is 4.08. The maximum atomic E-state index is 4.08. The molecule has 0 radical (unpaired) electrons. The molecule has 2 aromatic rings. The van der Waals surface area contributed by atoms with E-state index in [1.54, 1.807) is 11.3 Å². The number of hydrogen-bond acceptors (Lipinski definition) is 4. The molecule has 0 saturated heterocycles. The lowest BCUT2D eigenvalue weighted by Crippen LogP contribution is -2.24. The summed E-state index contributed by atoms with van der Waals surface area (Å²) in [5.41, 5.74) is 2.47. The third-order valence-corrected chi connectivity index (χ3v) is 4.52. The third kappa shape index (κ3) is 2.50. The lowest BCUT2D eigenvalue weighted by molar-refractivity contribution is 0.570. The molecule has 2 aromatic heterocycles. The van der Waals surface area contributed by atoms with Gasteiger partial charge in [0.2, 0.25) is 0 Å². The number of aryl methyl sites for hydroxylation is 2. The average Bonchev–Trinajstić information content (AvgIpc) is 2.94. The highest BCUT2D eigenvalue weighted by Gasteiger charge is 2.24. The minimum Gasteiger partial charge on any atom is -0.304 e. The number of hydrogen-bond donors (Lipinski definition) is 1. The van der Waals surface area contributed by atoms with E-state index in [1.165, 1.54) is 10.4 Å². The van der Waals surface area contributed by atoms with Gasteiger partial charge in [-0.25, -0.2) is 4.68 Å². The molecule has 0 amide bonds. The van der Waals surface area contributed by atoms with Crippen molar-refractivity contribution in [3.8, 4) is 0 Å². The van der Waals surface area contributed by atoms with Crippen LogP contribution in [0.3, 0.4) is 0 Å². The molecule has 2 heterocycles. The highest BCUT2D eigenvalue weighted by molar-refractivity contribution is 9.10. The van der Waals surface area contributed by atoms with Crippen LogP contribution in [-0.4, -0.2) is 21.5 Å². The van der Waals surface area contributed by atoms with Crippen molar-refractivity contribution in [1.29, 1.82) is 0 Å². The second kappa shape index (κ2) is 5.95. The van der Waals surface area contributed by atoms with Crippen molar-refractivity contribution >= 4 is 27.3 Å². The number of aromatic nitrogens is 3. The predicted molar refractivity (Wildman–Crippen MR) is 77.9 cm³/mol. The summed E-state index contributed by atoms with van der Waals surface area (Å²) in [5.74, 6) is 0. The summed E-state index contributed by atoms with van der Waals surface area (Å²) in [5, 5.41) is 13.8. The Bertz CT molecular complexity index is 500. The van der Waals surface area contributed by atoms with Crippen molar-refractivity contribution in [2.45, 2.75) is 26.3 Å². The van der Waals surface area contributed by atoms with Crippen LogP contribution < -0.4 is 5.32 Å². The molecule has 98 valence electrons. The fourth-order valence-corrected chi connectivity index (χ4v) is 3.69. The Morgan fingerprint density at radius 1 is 1.50 bits per heavy atom. The molecule has 0 bridgehead atoms. The van der Waals surface area contributed by atoms with E-state index in [1.807, 2.05) is 11.7 Å². The van der Waals surface area contributed by atoms with Crippen LogP contribution in [0.2, 0.25) is 0 Å². The van der Waals surface area contributed by atoms with E-state index in [2.05, 4.69) is 56.9 Å². The van der Waals surface area contributed by atoms with Gasteiger partial charge in [-0.1, -0.05) is 19.1 Å². The Balaban J connectivity index is 2.46. The largest absolute Gasteiger partial charge is 0.304 e. The van der Waals surface area contributed by atoms with Crippen LogP contribution in [0.5, 0.6) is 0 Å². The summed E-state index contributed by atoms with van der Waals surface area (Å²) in [6.07, 6.45) is 1.05. The Morgan fingerprint density at radius 3 is 2.83 bits per heavy atom. The van der Waals surface area contributed by atoms with E-state index < -0.39 is 0 Å². The minimum atomic E-state index is 0.152. The topological polar surface area (TPSA) is 42.7 Å². The maximum Gasteiger partial charge on any atom is 0.153 e. The SMILES string of the molecule is CCNC(c1sccc1CC)c1c(Br)nnn1C. The quantitative estimate of drug-likeness (QED) is 0.917. The Labute approximate surface area is 120 Å². The molecule has 2 rings (SSSR count). The molecule has 6 heteroatoms. The first-order valence-corrected chi connectivity index (χ1v) is 7.71. The zero-order chi connectivity index (χ0) is 13.1. The van der Waals surface area contributed by atoms with Crippen LogP contribution in [-0.2, 0) is 13.5 Å². The standard InChI is InChI=1S/C12H17BrN4S/c1-4-8-6-7-18-11(8)9(14-5-2)10-12(13)15-16-17(10)3/h6-7,9,14H,4-5H2,1-3H3. The molecule has 18 heavy (non-hydrogen) atoms. The molecule has 1 unspecified atom stereocenters. The molecular weight excluding hydrogens is 312 g/mol. The van der Waals surface area contributed by atoms with E-state index >= 15 is 0 Å². The van der Waals surface area contributed by atoms with Crippen molar-refractivity contribution in [3.05, 3.63) is 32.2 Å². The predicted octanol–water partition coefficient (Wildman–Crippen LogP) is 2.90. The van der Waals surface area contributed by atoms with Gasteiger partial charge in [0.05, 0.1) is 11.7 Å². The van der Waals surface area contributed by atoms with Gasteiger partial charge in [-0.2, -0.15) is 0 Å². The number of rotatable bonds is 5. The molecule has 0 aliphatic heterocycles. The zero-order valence-electron chi connectivity index (χ0n) is 10.8. The van der Waals surface area contributed by atoms with E-state index in [0.29, 0.717) is 0 Å². The van der Waals surface area contributed by atoms with Crippen LogP contribution in [0.25, 0.3) is 0 Å². The molecule has 0 saturated carbocycles. The fraction of sp³-hybridized carbons (Fsp3) is 0.500. The highest BCUT2D eigenvalue weighted by Crippen LogP contribution is 2.32. The van der Waals surface area contributed by atoms with Crippen LogP contribution in [0.4, 0.5) is 0 Å². The normalized spacial score (nSPS) is 12.9. The molecular formula is C12H17BrN4S. The van der Waals surface area contributed by atoms with Gasteiger partial charge in [0.15, 0.2) is 4.60 Å². The van der Waals surface area contributed by atoms with Crippen molar-refractivity contribution in [2.75, 3.05) is 6.54 Å². The Kier molecular flexibility index (Phi) is 4.53. The molecule has 0 spiro atoms. The summed E-state index contributed by atoms with van der Waals surface area (Å²) < 4.78 is 2.64. The van der Waals surface area contributed by atoms with Crippen LogP contribution in [0.15, 0.2) is 16.0 Å². The van der Waals surface area contributed by atoms with Crippen LogP contribution in [0.1, 0.15) is 36.0 Å². The van der Waals surface area contributed by atoms with Crippen molar-refractivity contribution < 1.29 is 0 Å². The van der Waals surface area contributed by atoms with E-state index in [4.69, 9.17) is 0 Å². The number of nitrogens with one attached hydrogen (secondary N) is 1. The zero-order valence-corrected chi connectivity index (χ0v) is 13.2. The molecule has 1 N–H and O–H groups in total. The van der Waals surface area contributed by atoms with Crippen molar-refractivity contribution in [3.63, 3.8) is 0 Å². The van der Waals surface area contributed by atoms with Gasteiger partial charge in [-0.3, -0.25) is 0 Å². The Hall–Kier alpha value is -0.720. The van der Waals surface area contributed by atoms with Gasteiger partial charge in [0.1, 0.15) is 0 Å². The molecule has 4 nitrogen and oxygen atoms in total. The minimum absolute atomic E-state index is 0.152. The fourth-order valence-electron chi connectivity index (χ4n) is 2.06. The number of halogens is 1. The van der Waals surface area contributed by atoms with Gasteiger partial charge in [0.25, 0.3) is 0 Å². The molecule has 0 aromatic carbocycles. The third-order valence-electron chi connectivity index (χ3n) is 2.93. The Morgan fingerprint density at radius 2 is 2.28 bits per heavy atom. The molecule has 0 aliphatic carbocycles. The van der Waals surface area contributed by atoms with Gasteiger partial charge in [-0.05, 0) is 45.9 Å². The highest BCUT2D eigenvalue weighted by atomic mass is 79.9. The van der Waals surface area contributed by atoms with Crippen molar-refractivity contribution in [2.24, 2.45) is 7.05 Å². The lowest BCUT2D eigenvalue weighted by Gasteiger charge is -2.18. The smallest absolute Gasteiger partial charge is 0.153 e. The first-order valence-electron chi connectivity index (χ1n) is 6.03. The molecule has 0 fully saturated rings. The first-order chi connectivity index (χ1) is 8.69. The van der Waals surface area contributed by atoms with Gasteiger partial charge in [0, 0.05) is 11.9 Å². The summed E-state index contributed by atoms with van der Waals surface area (Å²) in [6.45, 7) is 5.21. The van der Waals surface area contributed by atoms with Crippen LogP contribution in [0, 0.1) is 0 Å². The van der Waals surface area contributed by atoms with Crippen LogP contribution >= 0.6 is 27.3 Å². The molecule has 1 atom stereocenters. The lowest BCUT2D eigenvalue weighted by atomic mass is 10.1. The van der Waals surface area contributed by atoms with E-state index in [0.717, 1.165) is 23.3 Å². The van der Waals surface area contributed by atoms with E-state index in [-0.39, 0.29) is 6.04 Å². The van der Waals surface area contributed by atoms with Crippen molar-refractivity contribution in [1.82, 2.24) is 20.3 Å². The summed E-state index contributed by atoms with van der Waals surface area (Å²) in [4.78, 5) is 1.35. The molecule has 0 aliphatic rings. The van der Waals surface area contributed by atoms with Gasteiger partial charge in [-0.15, -0.1) is 16.4 Å². The second-order valence-electron chi connectivity index (χ2n) is 4.04. The monoisotopic (exact) mass is 328 g/mol. The first kappa shape index (κ1) is 13.7. The van der Waals surface area contributed by atoms with Gasteiger partial charge < -0.3 is 5.32 Å². The number of nitrogens with zero attached hydrogens (tertiary/aromatic N) is 3. The average molecular weight is 329 g/mol. The summed E-state index contributed by atoms with van der Waals surface area (Å²) >= 11 is 5.28. The summed E-state index contributed by atoms with van der Waals surface area (Å²) in [7, 11) is 1.93. The number of thiophene rings is 1. The van der Waals surface area contributed by atoms with E-state index in [9.17, 15) is 0 Å². The second-order valence-corrected chi connectivity index (χ2v) is 5.74. The summed E-state index contributed by atoms with van der Waals surface area (Å²) in [6, 6.07) is 2.35.